The second kappa shape index (κ2) is 7.71. The molecule has 3 aromatic rings. The molecule has 0 bridgehead atoms. The smallest absolute Gasteiger partial charge is 0.335 e. The van der Waals surface area contributed by atoms with Gasteiger partial charge in [0.1, 0.15) is 0 Å². The minimum atomic E-state index is -0.955. The van der Waals surface area contributed by atoms with E-state index in [1.165, 1.54) is 6.20 Å². The van der Waals surface area contributed by atoms with Gasteiger partial charge in [0, 0.05) is 30.8 Å². The summed E-state index contributed by atoms with van der Waals surface area (Å²) in [5.41, 5.74) is 8.47. The molecule has 7 nitrogen and oxygen atoms in total. The van der Waals surface area contributed by atoms with Gasteiger partial charge < -0.3 is 15.7 Å². The minimum Gasteiger partial charge on any atom is -0.478 e. The molecule has 3 N–H and O–H groups in total. The normalized spacial score (nSPS) is 16.0. The highest BCUT2D eigenvalue weighted by Gasteiger charge is 2.31. The molecule has 1 aliphatic heterocycles. The van der Waals surface area contributed by atoms with E-state index in [0.29, 0.717) is 30.8 Å². The number of aromatic carboxylic acids is 1. The number of amides is 1. The summed E-state index contributed by atoms with van der Waals surface area (Å²) in [6.45, 7) is 0.984. The van der Waals surface area contributed by atoms with E-state index < -0.39 is 5.97 Å². The molecule has 7 heteroatoms. The third-order valence-corrected chi connectivity index (χ3v) is 5.19. The van der Waals surface area contributed by atoms with Crippen LogP contribution in [0.4, 0.5) is 5.95 Å². The van der Waals surface area contributed by atoms with Crippen molar-refractivity contribution in [1.82, 2.24) is 14.9 Å². The van der Waals surface area contributed by atoms with Crippen LogP contribution in [0.3, 0.4) is 0 Å². The maximum Gasteiger partial charge on any atom is 0.335 e. The molecule has 0 unspecified atom stereocenters. The average Bonchev–Trinajstić information content (AvgIpc) is 3.24. The average molecular weight is 388 g/mol. The number of benzene rings is 2. The summed E-state index contributed by atoms with van der Waals surface area (Å²) < 4.78 is 0. The van der Waals surface area contributed by atoms with Crippen LogP contribution in [0.5, 0.6) is 0 Å². The van der Waals surface area contributed by atoms with Crippen molar-refractivity contribution in [2.75, 3.05) is 18.8 Å². The highest BCUT2D eigenvalue weighted by molar-refractivity contribution is 6.00. The molecule has 1 amide bonds. The predicted octanol–water partition coefficient (Wildman–Crippen LogP) is 3.05. The van der Waals surface area contributed by atoms with Crippen molar-refractivity contribution in [3.8, 4) is 11.3 Å². The van der Waals surface area contributed by atoms with Crippen LogP contribution in [0.15, 0.2) is 60.8 Å². The van der Waals surface area contributed by atoms with Gasteiger partial charge in [0.15, 0.2) is 0 Å². The van der Waals surface area contributed by atoms with Gasteiger partial charge in [-0.3, -0.25) is 4.79 Å². The SMILES string of the molecule is Nc1ncc(C(=O)N2CC[C@@H](c3ccccc3C(=O)O)C2)c(-c2ccccc2)n1. The summed E-state index contributed by atoms with van der Waals surface area (Å²) in [6, 6.07) is 16.3. The van der Waals surface area contributed by atoms with Gasteiger partial charge in [-0.15, -0.1) is 0 Å². The van der Waals surface area contributed by atoms with Crippen LogP contribution < -0.4 is 5.73 Å². The third kappa shape index (κ3) is 3.67. The summed E-state index contributed by atoms with van der Waals surface area (Å²) in [5.74, 6) is -1.06. The van der Waals surface area contributed by atoms with Crippen molar-refractivity contribution >= 4 is 17.8 Å². The van der Waals surface area contributed by atoms with Crippen molar-refractivity contribution in [3.05, 3.63) is 77.5 Å². The number of nitrogen functional groups attached to an aromatic ring is 1. The maximum absolute atomic E-state index is 13.2. The van der Waals surface area contributed by atoms with Gasteiger partial charge in [-0.05, 0) is 18.1 Å². The van der Waals surface area contributed by atoms with E-state index >= 15 is 0 Å². The molecule has 29 heavy (non-hydrogen) atoms. The van der Waals surface area contributed by atoms with E-state index in [9.17, 15) is 14.7 Å². The van der Waals surface area contributed by atoms with Gasteiger partial charge in [0.25, 0.3) is 5.91 Å². The predicted molar refractivity (Wildman–Crippen MR) is 109 cm³/mol. The van der Waals surface area contributed by atoms with E-state index in [4.69, 9.17) is 5.73 Å². The van der Waals surface area contributed by atoms with Crippen LogP contribution >= 0.6 is 0 Å². The van der Waals surface area contributed by atoms with E-state index in [0.717, 1.165) is 11.1 Å². The number of nitrogens with two attached hydrogens (primary N) is 1. The Kier molecular flexibility index (Phi) is 4.95. The Morgan fingerprint density at radius 1 is 1.03 bits per heavy atom. The first kappa shape index (κ1) is 18.6. The molecule has 2 aromatic carbocycles. The van der Waals surface area contributed by atoms with Crippen LogP contribution in [0, 0.1) is 0 Å². The molecule has 1 fully saturated rings. The van der Waals surface area contributed by atoms with Gasteiger partial charge in [-0.25, -0.2) is 14.8 Å². The summed E-state index contributed by atoms with van der Waals surface area (Å²) in [7, 11) is 0. The van der Waals surface area contributed by atoms with E-state index in [1.54, 1.807) is 17.0 Å². The third-order valence-electron chi connectivity index (χ3n) is 5.19. The first-order valence-electron chi connectivity index (χ1n) is 9.34. The van der Waals surface area contributed by atoms with Crippen molar-refractivity contribution in [3.63, 3.8) is 0 Å². The molecule has 0 spiro atoms. The second-order valence-corrected chi connectivity index (χ2v) is 6.99. The fourth-order valence-electron chi connectivity index (χ4n) is 3.78. The fourth-order valence-corrected chi connectivity index (χ4v) is 3.78. The summed E-state index contributed by atoms with van der Waals surface area (Å²) in [4.78, 5) is 34.8. The lowest BCUT2D eigenvalue weighted by molar-refractivity contribution is 0.0695. The zero-order chi connectivity index (χ0) is 20.4. The van der Waals surface area contributed by atoms with E-state index in [2.05, 4.69) is 9.97 Å². The number of likely N-dealkylation sites (tertiary alicyclic amines) is 1. The molecule has 1 aliphatic rings. The van der Waals surface area contributed by atoms with Crippen LogP contribution in [0.2, 0.25) is 0 Å². The van der Waals surface area contributed by atoms with Crippen LogP contribution in [0.1, 0.15) is 38.6 Å². The first-order chi connectivity index (χ1) is 14.0. The number of hydrogen-bond donors (Lipinski definition) is 2. The largest absolute Gasteiger partial charge is 0.478 e. The summed E-state index contributed by atoms with van der Waals surface area (Å²) in [5, 5.41) is 9.46. The van der Waals surface area contributed by atoms with Gasteiger partial charge >= 0.3 is 5.97 Å². The molecular weight excluding hydrogens is 368 g/mol. The lowest BCUT2D eigenvalue weighted by atomic mass is 9.93. The number of hydrogen-bond acceptors (Lipinski definition) is 5. The number of anilines is 1. The molecule has 1 saturated heterocycles. The molecule has 4 rings (SSSR count). The Hall–Kier alpha value is -3.74. The maximum atomic E-state index is 13.2. The molecule has 1 atom stereocenters. The monoisotopic (exact) mass is 388 g/mol. The number of carbonyl (C=O) groups is 2. The van der Waals surface area contributed by atoms with Crippen LogP contribution in [-0.4, -0.2) is 44.9 Å². The molecule has 1 aromatic heterocycles. The van der Waals surface area contributed by atoms with Crippen molar-refractivity contribution in [1.29, 1.82) is 0 Å². The molecule has 146 valence electrons. The Morgan fingerprint density at radius 2 is 1.76 bits per heavy atom. The molecule has 0 radical (unpaired) electrons. The standard InChI is InChI=1S/C22H20N4O3/c23-22-24-12-18(19(25-22)14-6-2-1-3-7-14)20(27)26-11-10-15(13-26)16-8-4-5-9-17(16)21(28)29/h1-9,12,15H,10-11,13H2,(H,28,29)(H2,23,24,25)/t15-/m1/s1. The molecule has 0 aliphatic carbocycles. The highest BCUT2D eigenvalue weighted by atomic mass is 16.4. The summed E-state index contributed by atoms with van der Waals surface area (Å²) >= 11 is 0. The molecule has 0 saturated carbocycles. The van der Waals surface area contributed by atoms with Gasteiger partial charge in [-0.2, -0.15) is 0 Å². The van der Waals surface area contributed by atoms with Crippen molar-refractivity contribution in [2.24, 2.45) is 0 Å². The number of nitrogens with zero attached hydrogens (tertiary/aromatic N) is 3. The van der Waals surface area contributed by atoms with Gasteiger partial charge in [0.2, 0.25) is 5.95 Å². The number of carbonyl (C=O) groups excluding carboxylic acids is 1. The highest BCUT2D eigenvalue weighted by Crippen LogP contribution is 2.32. The zero-order valence-corrected chi connectivity index (χ0v) is 15.7. The summed E-state index contributed by atoms with van der Waals surface area (Å²) in [6.07, 6.45) is 2.16. The van der Waals surface area contributed by atoms with Crippen molar-refractivity contribution in [2.45, 2.75) is 12.3 Å². The van der Waals surface area contributed by atoms with E-state index in [1.807, 2.05) is 42.5 Å². The Morgan fingerprint density at radius 3 is 2.52 bits per heavy atom. The first-order valence-corrected chi connectivity index (χ1v) is 9.34. The topological polar surface area (TPSA) is 109 Å². The van der Waals surface area contributed by atoms with Crippen LogP contribution in [0.25, 0.3) is 11.3 Å². The molecular formula is C22H20N4O3. The number of rotatable bonds is 4. The Balaban J connectivity index is 1.62. The lowest BCUT2D eigenvalue weighted by Gasteiger charge is -2.19. The van der Waals surface area contributed by atoms with Crippen LogP contribution in [-0.2, 0) is 0 Å². The lowest BCUT2D eigenvalue weighted by Crippen LogP contribution is -2.29. The van der Waals surface area contributed by atoms with E-state index in [-0.39, 0.29) is 23.3 Å². The Labute approximate surface area is 167 Å². The van der Waals surface area contributed by atoms with Crippen molar-refractivity contribution < 1.29 is 14.7 Å². The zero-order valence-electron chi connectivity index (χ0n) is 15.7. The number of aromatic nitrogens is 2. The minimum absolute atomic E-state index is 0.0267. The van der Waals surface area contributed by atoms with Gasteiger partial charge in [-0.1, -0.05) is 48.5 Å². The fraction of sp³-hybridized carbons (Fsp3) is 0.182. The molecule has 2 heterocycles. The van der Waals surface area contributed by atoms with Gasteiger partial charge in [0.05, 0.1) is 16.8 Å². The second-order valence-electron chi connectivity index (χ2n) is 6.99. The number of carboxylic acids is 1. The Bertz CT molecular complexity index is 1070. The number of carboxylic acid groups (broad SMARTS) is 1. The quantitative estimate of drug-likeness (QED) is 0.711.